The van der Waals surface area contributed by atoms with Gasteiger partial charge in [0, 0.05) is 11.8 Å². The number of aromatic nitrogens is 2. The Morgan fingerprint density at radius 1 is 1.50 bits per heavy atom. The molecule has 84 valence electrons. The van der Waals surface area contributed by atoms with Gasteiger partial charge in [0.15, 0.2) is 0 Å². The third-order valence-electron chi connectivity index (χ3n) is 3.76. The van der Waals surface area contributed by atoms with E-state index in [9.17, 15) is 9.59 Å². The van der Waals surface area contributed by atoms with Gasteiger partial charge < -0.3 is 4.98 Å². The number of hydrogen-bond acceptors (Lipinski definition) is 2. The molecule has 2 aliphatic carbocycles. The maximum absolute atomic E-state index is 11.9. The van der Waals surface area contributed by atoms with Crippen LogP contribution in [0.2, 0.25) is 0 Å². The summed E-state index contributed by atoms with van der Waals surface area (Å²) < 4.78 is 1.39. The number of fused-ring (bicyclic) bond motifs is 2. The molecule has 3 rings (SSSR count). The highest BCUT2D eigenvalue weighted by atomic mass is 16.2. The van der Waals surface area contributed by atoms with E-state index in [0.29, 0.717) is 11.6 Å². The van der Waals surface area contributed by atoms with E-state index in [2.05, 4.69) is 11.1 Å². The average Bonchev–Trinajstić information content (AvgIpc) is 2.75. The van der Waals surface area contributed by atoms with Crippen molar-refractivity contribution in [3.63, 3.8) is 0 Å². The Morgan fingerprint density at radius 2 is 2.31 bits per heavy atom. The first kappa shape index (κ1) is 9.63. The lowest BCUT2D eigenvalue weighted by atomic mass is 9.99. The summed E-state index contributed by atoms with van der Waals surface area (Å²) in [4.78, 5) is 26.6. The zero-order chi connectivity index (χ0) is 11.3. The topological polar surface area (TPSA) is 54.9 Å². The zero-order valence-electron chi connectivity index (χ0n) is 9.19. The number of aromatic amines is 1. The van der Waals surface area contributed by atoms with E-state index in [0.717, 1.165) is 19.3 Å². The lowest BCUT2D eigenvalue weighted by Gasteiger charge is -2.25. The van der Waals surface area contributed by atoms with Crippen LogP contribution in [0.3, 0.4) is 0 Å². The lowest BCUT2D eigenvalue weighted by Crippen LogP contribution is -2.46. The normalized spacial score (nSPS) is 31.2. The van der Waals surface area contributed by atoms with Crippen molar-refractivity contribution < 1.29 is 0 Å². The summed E-state index contributed by atoms with van der Waals surface area (Å²) in [5, 5.41) is 0. The quantitative estimate of drug-likeness (QED) is 0.712. The Morgan fingerprint density at radius 3 is 2.81 bits per heavy atom. The molecule has 1 saturated carbocycles. The number of rotatable bonds is 1. The molecule has 0 saturated heterocycles. The van der Waals surface area contributed by atoms with Crippen LogP contribution in [0.4, 0.5) is 0 Å². The molecule has 0 radical (unpaired) electrons. The van der Waals surface area contributed by atoms with Gasteiger partial charge in [0.2, 0.25) is 0 Å². The Bertz CT molecular complexity index is 550. The minimum absolute atomic E-state index is 0.187. The molecular formula is C12H14N2O2. The fourth-order valence-corrected chi connectivity index (χ4v) is 3.03. The van der Waals surface area contributed by atoms with Crippen molar-refractivity contribution in [2.24, 2.45) is 5.92 Å². The molecule has 1 aromatic rings. The van der Waals surface area contributed by atoms with Crippen LogP contribution in [-0.4, -0.2) is 9.55 Å². The van der Waals surface area contributed by atoms with Crippen molar-refractivity contribution in [2.45, 2.75) is 31.7 Å². The minimum atomic E-state index is -0.344. The molecule has 2 aliphatic rings. The van der Waals surface area contributed by atoms with E-state index in [-0.39, 0.29) is 16.8 Å². The summed E-state index contributed by atoms with van der Waals surface area (Å²) in [5.74, 6) is 0.549. The van der Waals surface area contributed by atoms with E-state index >= 15 is 0 Å². The molecule has 1 fully saturated rings. The van der Waals surface area contributed by atoms with Gasteiger partial charge in [-0.1, -0.05) is 12.2 Å². The van der Waals surface area contributed by atoms with Crippen LogP contribution in [0.15, 0.2) is 27.8 Å². The highest BCUT2D eigenvalue weighted by molar-refractivity contribution is 5.20. The van der Waals surface area contributed by atoms with Gasteiger partial charge in [0.1, 0.15) is 0 Å². The first-order valence-electron chi connectivity index (χ1n) is 5.64. The van der Waals surface area contributed by atoms with Crippen molar-refractivity contribution in [1.29, 1.82) is 0 Å². The fraction of sp³-hybridized carbons (Fsp3) is 0.500. The summed E-state index contributed by atoms with van der Waals surface area (Å²) >= 11 is 0. The molecule has 1 heterocycles. The Hall–Kier alpha value is -1.58. The van der Waals surface area contributed by atoms with Crippen molar-refractivity contribution in [2.75, 3.05) is 0 Å². The van der Waals surface area contributed by atoms with Gasteiger partial charge in [-0.15, -0.1) is 0 Å². The van der Waals surface area contributed by atoms with E-state index in [1.54, 1.807) is 6.92 Å². The number of nitrogens with one attached hydrogen (secondary N) is 1. The number of aryl methyl sites for hydroxylation is 1. The average molecular weight is 218 g/mol. The maximum Gasteiger partial charge on any atom is 0.329 e. The summed E-state index contributed by atoms with van der Waals surface area (Å²) in [6, 6.07) is 1.50. The van der Waals surface area contributed by atoms with Gasteiger partial charge in [0.05, 0.1) is 5.54 Å². The third kappa shape index (κ3) is 1.16. The largest absolute Gasteiger partial charge is 0.329 e. The predicted octanol–water partition coefficient (Wildman–Crippen LogP) is 0.910. The summed E-state index contributed by atoms with van der Waals surface area (Å²) in [5.41, 5.74) is -0.187. The Kier molecular flexibility index (Phi) is 1.79. The maximum atomic E-state index is 11.9. The van der Waals surface area contributed by atoms with Crippen LogP contribution >= 0.6 is 0 Å². The molecule has 1 N–H and O–H groups in total. The van der Waals surface area contributed by atoms with E-state index in [1.807, 2.05) is 6.08 Å². The second-order valence-corrected chi connectivity index (χ2v) is 4.90. The Balaban J connectivity index is 2.25. The molecule has 16 heavy (non-hydrogen) atoms. The smallest absolute Gasteiger partial charge is 0.311 e. The first-order valence-corrected chi connectivity index (χ1v) is 5.64. The van der Waals surface area contributed by atoms with Gasteiger partial charge in [-0.3, -0.25) is 9.36 Å². The monoisotopic (exact) mass is 218 g/mol. The SMILES string of the molecule is Cc1cc(=O)n(C23C=CC(CC2)C3)c(=O)[nH]1. The Labute approximate surface area is 92.6 Å². The zero-order valence-corrected chi connectivity index (χ0v) is 9.19. The van der Waals surface area contributed by atoms with E-state index in [4.69, 9.17) is 0 Å². The molecule has 2 unspecified atom stereocenters. The summed E-state index contributed by atoms with van der Waals surface area (Å²) in [6.07, 6.45) is 7.05. The van der Waals surface area contributed by atoms with Gasteiger partial charge in [-0.2, -0.15) is 0 Å². The molecule has 0 aromatic carbocycles. The number of H-pyrrole nitrogens is 1. The molecule has 2 bridgehead atoms. The number of allylic oxidation sites excluding steroid dienone is 2. The number of hydrogen-bond donors (Lipinski definition) is 1. The lowest BCUT2D eigenvalue weighted by molar-refractivity contribution is 0.359. The summed E-state index contributed by atoms with van der Waals surface area (Å²) in [7, 11) is 0. The van der Waals surface area contributed by atoms with Crippen molar-refractivity contribution >= 4 is 0 Å². The molecule has 1 aromatic heterocycles. The molecular weight excluding hydrogens is 204 g/mol. The van der Waals surface area contributed by atoms with Crippen molar-refractivity contribution in [3.8, 4) is 0 Å². The highest BCUT2D eigenvalue weighted by Crippen LogP contribution is 2.46. The standard InChI is InChI=1S/C12H14N2O2/c1-8-6-10(15)14(11(16)13-8)12-4-2-9(7-12)3-5-12/h2,4,6,9H,3,5,7H2,1H3,(H,13,16). The fourth-order valence-electron chi connectivity index (χ4n) is 3.03. The highest BCUT2D eigenvalue weighted by Gasteiger charge is 2.43. The van der Waals surface area contributed by atoms with Gasteiger partial charge in [0.25, 0.3) is 5.56 Å². The van der Waals surface area contributed by atoms with Crippen molar-refractivity contribution in [1.82, 2.24) is 9.55 Å². The van der Waals surface area contributed by atoms with Crippen LogP contribution in [0.25, 0.3) is 0 Å². The van der Waals surface area contributed by atoms with Crippen LogP contribution in [-0.2, 0) is 5.54 Å². The van der Waals surface area contributed by atoms with E-state index < -0.39 is 0 Å². The minimum Gasteiger partial charge on any atom is -0.311 e. The second kappa shape index (κ2) is 2.97. The van der Waals surface area contributed by atoms with Crippen LogP contribution < -0.4 is 11.2 Å². The van der Waals surface area contributed by atoms with Gasteiger partial charge in [-0.05, 0) is 32.1 Å². The molecule has 0 aliphatic heterocycles. The summed E-state index contributed by atoms with van der Waals surface area (Å²) in [6.45, 7) is 1.73. The molecule has 4 nitrogen and oxygen atoms in total. The van der Waals surface area contributed by atoms with E-state index in [1.165, 1.54) is 10.6 Å². The van der Waals surface area contributed by atoms with Crippen LogP contribution in [0, 0.1) is 12.8 Å². The third-order valence-corrected chi connectivity index (χ3v) is 3.76. The molecule has 0 spiro atoms. The molecule has 0 amide bonds. The van der Waals surface area contributed by atoms with Crippen LogP contribution in [0.1, 0.15) is 25.0 Å². The van der Waals surface area contributed by atoms with Crippen molar-refractivity contribution in [3.05, 3.63) is 44.8 Å². The predicted molar refractivity (Wildman–Crippen MR) is 60.5 cm³/mol. The second-order valence-electron chi connectivity index (χ2n) is 4.90. The van der Waals surface area contributed by atoms with Crippen LogP contribution in [0.5, 0.6) is 0 Å². The molecule has 2 atom stereocenters. The van der Waals surface area contributed by atoms with Gasteiger partial charge >= 0.3 is 5.69 Å². The first-order chi connectivity index (χ1) is 7.61. The number of nitrogens with zero attached hydrogens (tertiary/aromatic N) is 1. The van der Waals surface area contributed by atoms with Gasteiger partial charge in [-0.25, -0.2) is 4.79 Å². The molecule has 4 heteroatoms.